The molecule has 1 atom stereocenters. The molecule has 1 aromatic carbocycles. The third-order valence-corrected chi connectivity index (χ3v) is 3.54. The summed E-state index contributed by atoms with van der Waals surface area (Å²) in [6.07, 6.45) is 2.83. The van der Waals surface area contributed by atoms with Gasteiger partial charge >= 0.3 is 5.97 Å². The quantitative estimate of drug-likeness (QED) is 0.885. The molecule has 104 valence electrons. The van der Waals surface area contributed by atoms with E-state index in [1.54, 1.807) is 0 Å². The summed E-state index contributed by atoms with van der Waals surface area (Å²) in [5.74, 6) is 0.138. The van der Waals surface area contributed by atoms with Crippen LogP contribution in [0.25, 0.3) is 0 Å². The van der Waals surface area contributed by atoms with E-state index in [4.69, 9.17) is 4.74 Å². The molecule has 0 bridgehead atoms. The third-order valence-electron chi connectivity index (χ3n) is 3.54. The number of hydrogen-bond acceptors (Lipinski definition) is 3. The van der Waals surface area contributed by atoms with Crippen LogP contribution in [0.4, 0.5) is 0 Å². The van der Waals surface area contributed by atoms with Gasteiger partial charge in [-0.25, -0.2) is 0 Å². The van der Waals surface area contributed by atoms with Crippen LogP contribution >= 0.6 is 0 Å². The maximum atomic E-state index is 11.2. The zero-order chi connectivity index (χ0) is 13.7. The van der Waals surface area contributed by atoms with E-state index in [1.807, 2.05) is 36.1 Å². The second-order valence-corrected chi connectivity index (χ2v) is 5.05. The van der Waals surface area contributed by atoms with E-state index in [0.717, 1.165) is 31.6 Å². The number of hydrogen-bond donors (Lipinski definition) is 1. The average molecular weight is 263 g/mol. The van der Waals surface area contributed by atoms with Crippen molar-refractivity contribution in [3.8, 4) is 5.75 Å². The predicted molar refractivity (Wildman–Crippen MR) is 73.5 cm³/mol. The number of aryl methyl sites for hydroxylation is 1. The van der Waals surface area contributed by atoms with Gasteiger partial charge in [-0.2, -0.15) is 0 Å². The van der Waals surface area contributed by atoms with Crippen LogP contribution in [-0.4, -0.2) is 41.7 Å². The van der Waals surface area contributed by atoms with Crippen LogP contribution in [0.3, 0.4) is 0 Å². The highest BCUT2D eigenvalue weighted by Crippen LogP contribution is 2.17. The van der Waals surface area contributed by atoms with Gasteiger partial charge in [0.25, 0.3) is 0 Å². The minimum atomic E-state index is -0.713. The molecule has 1 fully saturated rings. The molecule has 1 heterocycles. The first-order chi connectivity index (χ1) is 9.16. The Morgan fingerprint density at radius 2 is 2.32 bits per heavy atom. The number of piperidine rings is 1. The highest BCUT2D eigenvalue weighted by Gasteiger charge is 2.27. The number of benzene rings is 1. The molecule has 4 nitrogen and oxygen atoms in total. The van der Waals surface area contributed by atoms with Gasteiger partial charge in [0.1, 0.15) is 18.4 Å². The minimum Gasteiger partial charge on any atom is -0.492 e. The van der Waals surface area contributed by atoms with Crippen molar-refractivity contribution in [1.82, 2.24) is 4.90 Å². The summed E-state index contributed by atoms with van der Waals surface area (Å²) in [7, 11) is 0. The molecule has 1 aromatic rings. The molecule has 0 amide bonds. The average Bonchev–Trinajstić information content (AvgIpc) is 2.39. The van der Waals surface area contributed by atoms with E-state index in [9.17, 15) is 9.90 Å². The highest BCUT2D eigenvalue weighted by molar-refractivity contribution is 5.73. The predicted octanol–water partition coefficient (Wildman–Crippen LogP) is 2.31. The van der Waals surface area contributed by atoms with Crippen molar-refractivity contribution < 1.29 is 14.6 Å². The van der Waals surface area contributed by atoms with E-state index in [1.165, 1.54) is 5.56 Å². The van der Waals surface area contributed by atoms with Crippen molar-refractivity contribution in [2.45, 2.75) is 32.2 Å². The lowest BCUT2D eigenvalue weighted by Gasteiger charge is -2.32. The second-order valence-electron chi connectivity index (χ2n) is 5.05. The summed E-state index contributed by atoms with van der Waals surface area (Å²) >= 11 is 0. The number of rotatable bonds is 5. The van der Waals surface area contributed by atoms with E-state index in [2.05, 4.69) is 0 Å². The summed E-state index contributed by atoms with van der Waals surface area (Å²) < 4.78 is 5.68. The lowest BCUT2D eigenvalue weighted by atomic mass is 10.0. The number of ether oxygens (including phenoxy) is 1. The summed E-state index contributed by atoms with van der Waals surface area (Å²) in [6, 6.07) is 7.57. The molecule has 0 saturated carbocycles. The molecule has 1 saturated heterocycles. The van der Waals surface area contributed by atoms with Crippen LogP contribution in [0.5, 0.6) is 5.75 Å². The van der Waals surface area contributed by atoms with Crippen molar-refractivity contribution in [2.24, 2.45) is 0 Å². The van der Waals surface area contributed by atoms with Gasteiger partial charge in [-0.05, 0) is 44.0 Å². The fourth-order valence-corrected chi connectivity index (χ4v) is 2.52. The summed E-state index contributed by atoms with van der Waals surface area (Å²) in [4.78, 5) is 13.2. The second kappa shape index (κ2) is 6.57. The van der Waals surface area contributed by atoms with E-state index < -0.39 is 5.97 Å². The zero-order valence-corrected chi connectivity index (χ0v) is 11.3. The molecule has 0 radical (unpaired) electrons. The molecule has 4 heteroatoms. The van der Waals surface area contributed by atoms with Gasteiger partial charge in [0, 0.05) is 6.54 Å². The van der Waals surface area contributed by atoms with Crippen LogP contribution in [0.1, 0.15) is 24.8 Å². The van der Waals surface area contributed by atoms with Gasteiger partial charge in [0.2, 0.25) is 0 Å². The molecule has 2 rings (SSSR count). The lowest BCUT2D eigenvalue weighted by molar-refractivity contribution is -0.144. The maximum absolute atomic E-state index is 11.2. The Morgan fingerprint density at radius 3 is 3.05 bits per heavy atom. The topological polar surface area (TPSA) is 49.8 Å². The van der Waals surface area contributed by atoms with Gasteiger partial charge in [0.15, 0.2) is 0 Å². The number of carboxylic acids is 1. The maximum Gasteiger partial charge on any atom is 0.320 e. The number of likely N-dealkylation sites (tertiary alicyclic amines) is 1. The minimum absolute atomic E-state index is 0.338. The Balaban J connectivity index is 1.82. The summed E-state index contributed by atoms with van der Waals surface area (Å²) in [5.41, 5.74) is 1.17. The Hall–Kier alpha value is -1.55. The van der Waals surface area contributed by atoms with Crippen molar-refractivity contribution in [1.29, 1.82) is 0 Å². The fourth-order valence-electron chi connectivity index (χ4n) is 2.52. The van der Waals surface area contributed by atoms with Crippen LogP contribution in [0.2, 0.25) is 0 Å². The smallest absolute Gasteiger partial charge is 0.320 e. The molecule has 0 spiro atoms. The third kappa shape index (κ3) is 3.96. The standard InChI is InChI=1S/C15H21NO3/c1-12-5-4-6-13(11-12)19-10-9-16-8-3-2-7-14(16)15(17)18/h4-6,11,14H,2-3,7-10H2,1H3,(H,17,18). The number of carboxylic acid groups (broad SMARTS) is 1. The van der Waals surface area contributed by atoms with Gasteiger partial charge in [-0.1, -0.05) is 18.6 Å². The summed E-state index contributed by atoms with van der Waals surface area (Å²) in [6.45, 7) is 4.09. The van der Waals surface area contributed by atoms with E-state index in [-0.39, 0.29) is 6.04 Å². The Labute approximate surface area is 114 Å². The molecule has 1 N–H and O–H groups in total. The molecule has 19 heavy (non-hydrogen) atoms. The molecule has 1 unspecified atom stereocenters. The van der Waals surface area contributed by atoms with Gasteiger partial charge in [0.05, 0.1) is 0 Å². The van der Waals surface area contributed by atoms with Crippen LogP contribution in [0, 0.1) is 6.92 Å². The molecule has 1 aliphatic rings. The monoisotopic (exact) mass is 263 g/mol. The first kappa shape index (κ1) is 13.9. The van der Waals surface area contributed by atoms with Gasteiger partial charge in [-0.15, -0.1) is 0 Å². The number of nitrogens with zero attached hydrogens (tertiary/aromatic N) is 1. The first-order valence-electron chi connectivity index (χ1n) is 6.83. The van der Waals surface area contributed by atoms with Gasteiger partial charge < -0.3 is 9.84 Å². The largest absolute Gasteiger partial charge is 0.492 e. The Bertz CT molecular complexity index is 433. The van der Waals surface area contributed by atoms with Crippen LogP contribution < -0.4 is 4.74 Å². The lowest BCUT2D eigenvalue weighted by Crippen LogP contribution is -2.46. The van der Waals surface area contributed by atoms with Crippen molar-refractivity contribution in [2.75, 3.05) is 19.7 Å². The SMILES string of the molecule is Cc1cccc(OCCN2CCCCC2C(=O)O)c1. The first-order valence-corrected chi connectivity index (χ1v) is 6.83. The van der Waals surface area contributed by atoms with Gasteiger partial charge in [-0.3, -0.25) is 9.69 Å². The number of carbonyl (C=O) groups is 1. The van der Waals surface area contributed by atoms with Crippen molar-refractivity contribution >= 4 is 5.97 Å². The number of aliphatic carboxylic acids is 1. The molecular weight excluding hydrogens is 242 g/mol. The summed E-state index contributed by atoms with van der Waals surface area (Å²) in [5, 5.41) is 9.18. The molecule has 1 aliphatic heterocycles. The molecule has 0 aromatic heterocycles. The van der Waals surface area contributed by atoms with E-state index in [0.29, 0.717) is 13.2 Å². The fraction of sp³-hybridized carbons (Fsp3) is 0.533. The molecular formula is C15H21NO3. The normalized spacial score (nSPS) is 20.2. The zero-order valence-electron chi connectivity index (χ0n) is 11.3. The Kier molecular flexibility index (Phi) is 4.80. The Morgan fingerprint density at radius 1 is 1.47 bits per heavy atom. The van der Waals surface area contributed by atoms with Crippen LogP contribution in [0.15, 0.2) is 24.3 Å². The van der Waals surface area contributed by atoms with Crippen molar-refractivity contribution in [3.63, 3.8) is 0 Å². The highest BCUT2D eigenvalue weighted by atomic mass is 16.5. The molecule has 0 aliphatic carbocycles. The van der Waals surface area contributed by atoms with Crippen molar-refractivity contribution in [3.05, 3.63) is 29.8 Å². The van der Waals surface area contributed by atoms with Crippen LogP contribution in [-0.2, 0) is 4.79 Å². The van der Waals surface area contributed by atoms with E-state index >= 15 is 0 Å².